The van der Waals surface area contributed by atoms with Gasteiger partial charge < -0.3 is 10.1 Å². The van der Waals surface area contributed by atoms with Crippen molar-refractivity contribution in [1.29, 1.82) is 0 Å². The normalized spacial score (nSPS) is 11.7. The lowest BCUT2D eigenvalue weighted by atomic mass is 10.3. The number of carbonyl (C=O) groups excluding carboxylic acids is 1. The maximum Gasteiger partial charge on any atom is 0.237 e. The number of nitrogens with zero attached hydrogens (tertiary/aromatic N) is 1. The van der Waals surface area contributed by atoms with E-state index >= 15 is 0 Å². The highest BCUT2D eigenvalue weighted by atomic mass is 32.2. The van der Waals surface area contributed by atoms with Crippen LogP contribution in [0.25, 0.3) is 0 Å². The first-order valence-corrected chi connectivity index (χ1v) is 7.08. The van der Waals surface area contributed by atoms with Crippen LogP contribution in [0, 0.1) is 0 Å². The van der Waals surface area contributed by atoms with Gasteiger partial charge in [0.1, 0.15) is 5.75 Å². The third kappa shape index (κ3) is 3.99. The minimum absolute atomic E-state index is 0.0428. The summed E-state index contributed by atoms with van der Waals surface area (Å²) in [5.74, 6) is 0.764. The Morgan fingerprint density at radius 2 is 2.05 bits per heavy atom. The molecule has 0 spiro atoms. The summed E-state index contributed by atoms with van der Waals surface area (Å²) in [4.78, 5) is 17.0. The number of nitrogens with one attached hydrogen (secondary N) is 1. The van der Waals surface area contributed by atoms with Crippen molar-refractivity contribution in [2.24, 2.45) is 0 Å². The van der Waals surface area contributed by atoms with Gasteiger partial charge in [-0.3, -0.25) is 9.78 Å². The number of aromatic nitrogens is 1. The lowest BCUT2D eigenvalue weighted by Gasteiger charge is -2.12. The third-order valence-electron chi connectivity index (χ3n) is 2.67. The summed E-state index contributed by atoms with van der Waals surface area (Å²) in [5, 5.41) is 2.65. The molecular formula is C15H16N2O2S. The maximum atomic E-state index is 12.1. The van der Waals surface area contributed by atoms with Crippen molar-refractivity contribution >= 4 is 23.4 Å². The monoisotopic (exact) mass is 288 g/mol. The number of rotatable bonds is 5. The Labute approximate surface area is 122 Å². The molecule has 0 aliphatic rings. The molecule has 2 aromatic rings. The van der Waals surface area contributed by atoms with Crippen LogP contribution in [-0.4, -0.2) is 23.3 Å². The van der Waals surface area contributed by atoms with Crippen LogP contribution in [0.15, 0.2) is 53.7 Å². The van der Waals surface area contributed by atoms with Crippen LogP contribution >= 0.6 is 11.8 Å². The SMILES string of the molecule is COc1ccc(SC(C)C(=O)Nc2cccnc2)cc1. The van der Waals surface area contributed by atoms with Gasteiger partial charge in [-0.1, -0.05) is 0 Å². The average molecular weight is 288 g/mol. The maximum absolute atomic E-state index is 12.1. The largest absolute Gasteiger partial charge is 0.497 e. The standard InChI is InChI=1S/C15H16N2O2S/c1-11(15(18)17-12-4-3-9-16-10-12)20-14-7-5-13(19-2)6-8-14/h3-11H,1-2H3,(H,17,18). The van der Waals surface area contributed by atoms with Crippen LogP contribution in [0.2, 0.25) is 0 Å². The van der Waals surface area contributed by atoms with Gasteiger partial charge >= 0.3 is 0 Å². The Balaban J connectivity index is 1.93. The second-order valence-electron chi connectivity index (χ2n) is 4.17. The summed E-state index contributed by atoms with van der Waals surface area (Å²) in [5.41, 5.74) is 0.708. The molecule has 0 radical (unpaired) electrons. The first kappa shape index (κ1) is 14.4. The van der Waals surface area contributed by atoms with Gasteiger partial charge in [0.2, 0.25) is 5.91 Å². The fourth-order valence-corrected chi connectivity index (χ4v) is 2.46. The number of amides is 1. The van der Waals surface area contributed by atoms with E-state index in [4.69, 9.17) is 4.74 Å². The Kier molecular flexibility index (Phi) is 5.01. The number of ether oxygens (including phenoxy) is 1. The zero-order valence-electron chi connectivity index (χ0n) is 11.4. The number of anilines is 1. The van der Waals surface area contributed by atoms with Crippen LogP contribution in [0.4, 0.5) is 5.69 Å². The number of pyridine rings is 1. The number of hydrogen-bond donors (Lipinski definition) is 1. The molecular weight excluding hydrogens is 272 g/mol. The topological polar surface area (TPSA) is 51.2 Å². The van der Waals surface area contributed by atoms with Gasteiger partial charge in [0.05, 0.1) is 24.2 Å². The van der Waals surface area contributed by atoms with Crippen molar-refractivity contribution < 1.29 is 9.53 Å². The molecule has 0 bridgehead atoms. The van der Waals surface area contributed by atoms with E-state index < -0.39 is 0 Å². The number of carbonyl (C=O) groups is 1. The van der Waals surface area contributed by atoms with Gasteiger partial charge in [0, 0.05) is 11.1 Å². The van der Waals surface area contributed by atoms with Crippen LogP contribution in [0.1, 0.15) is 6.92 Å². The highest BCUT2D eigenvalue weighted by molar-refractivity contribution is 8.00. The predicted molar refractivity (Wildman–Crippen MR) is 81.2 cm³/mol. The second kappa shape index (κ2) is 6.96. The van der Waals surface area contributed by atoms with Gasteiger partial charge in [-0.15, -0.1) is 11.8 Å². The number of benzene rings is 1. The lowest BCUT2D eigenvalue weighted by molar-refractivity contribution is -0.115. The summed E-state index contributed by atoms with van der Waals surface area (Å²) in [7, 11) is 1.63. The smallest absolute Gasteiger partial charge is 0.237 e. The summed E-state index contributed by atoms with van der Waals surface area (Å²) in [6.45, 7) is 1.88. The van der Waals surface area contributed by atoms with E-state index in [0.29, 0.717) is 5.69 Å². The highest BCUT2D eigenvalue weighted by Gasteiger charge is 2.14. The first-order valence-electron chi connectivity index (χ1n) is 6.20. The first-order chi connectivity index (χ1) is 9.69. The molecule has 0 aliphatic heterocycles. The number of methoxy groups -OCH3 is 1. The van der Waals surface area contributed by atoms with Crippen molar-refractivity contribution in [2.75, 3.05) is 12.4 Å². The van der Waals surface area contributed by atoms with E-state index in [2.05, 4.69) is 10.3 Å². The van der Waals surface area contributed by atoms with E-state index in [9.17, 15) is 4.79 Å². The number of hydrogen-bond acceptors (Lipinski definition) is 4. The Hall–Kier alpha value is -2.01. The predicted octanol–water partition coefficient (Wildman–Crippen LogP) is 3.21. The minimum Gasteiger partial charge on any atom is -0.497 e. The van der Waals surface area contributed by atoms with Crippen molar-refractivity contribution in [3.05, 3.63) is 48.8 Å². The molecule has 2 rings (SSSR count). The molecule has 1 aromatic heterocycles. The molecule has 1 amide bonds. The van der Waals surface area contributed by atoms with E-state index in [-0.39, 0.29) is 11.2 Å². The molecule has 4 nitrogen and oxygen atoms in total. The minimum atomic E-state index is -0.191. The molecule has 20 heavy (non-hydrogen) atoms. The Bertz CT molecular complexity index is 558. The van der Waals surface area contributed by atoms with Crippen LogP contribution in [0.3, 0.4) is 0 Å². The van der Waals surface area contributed by atoms with E-state index in [1.54, 1.807) is 25.6 Å². The van der Waals surface area contributed by atoms with Crippen molar-refractivity contribution in [3.63, 3.8) is 0 Å². The molecule has 0 fully saturated rings. The molecule has 1 aromatic carbocycles. The molecule has 1 unspecified atom stereocenters. The van der Waals surface area contributed by atoms with E-state index in [0.717, 1.165) is 10.6 Å². The Morgan fingerprint density at radius 1 is 1.30 bits per heavy atom. The molecule has 5 heteroatoms. The van der Waals surface area contributed by atoms with E-state index in [1.807, 2.05) is 37.3 Å². The Morgan fingerprint density at radius 3 is 2.65 bits per heavy atom. The summed E-state index contributed by atoms with van der Waals surface area (Å²) >= 11 is 1.50. The summed E-state index contributed by atoms with van der Waals surface area (Å²) < 4.78 is 5.11. The average Bonchev–Trinajstić information content (AvgIpc) is 2.49. The molecule has 1 atom stereocenters. The second-order valence-corrected chi connectivity index (χ2v) is 5.58. The molecule has 104 valence electrons. The zero-order valence-corrected chi connectivity index (χ0v) is 12.2. The molecule has 1 N–H and O–H groups in total. The molecule has 0 saturated heterocycles. The van der Waals surface area contributed by atoms with Crippen LogP contribution < -0.4 is 10.1 Å². The fourth-order valence-electron chi connectivity index (χ4n) is 1.59. The van der Waals surface area contributed by atoms with Gasteiger partial charge in [0.15, 0.2) is 0 Å². The molecule has 0 aliphatic carbocycles. The van der Waals surface area contributed by atoms with Crippen molar-refractivity contribution in [1.82, 2.24) is 4.98 Å². The molecule has 0 saturated carbocycles. The number of thioether (sulfide) groups is 1. The van der Waals surface area contributed by atoms with Gasteiger partial charge in [-0.25, -0.2) is 0 Å². The van der Waals surface area contributed by atoms with Gasteiger partial charge in [0.25, 0.3) is 0 Å². The third-order valence-corrected chi connectivity index (χ3v) is 3.78. The summed E-state index contributed by atoms with van der Waals surface area (Å²) in [6, 6.07) is 11.3. The van der Waals surface area contributed by atoms with Crippen LogP contribution in [-0.2, 0) is 4.79 Å². The van der Waals surface area contributed by atoms with Crippen LogP contribution in [0.5, 0.6) is 5.75 Å². The molecule has 1 heterocycles. The zero-order chi connectivity index (χ0) is 14.4. The lowest BCUT2D eigenvalue weighted by Crippen LogP contribution is -2.22. The van der Waals surface area contributed by atoms with E-state index in [1.165, 1.54) is 11.8 Å². The fraction of sp³-hybridized carbons (Fsp3) is 0.200. The van der Waals surface area contributed by atoms with Gasteiger partial charge in [-0.05, 0) is 43.3 Å². The van der Waals surface area contributed by atoms with Crippen molar-refractivity contribution in [2.45, 2.75) is 17.1 Å². The highest BCUT2D eigenvalue weighted by Crippen LogP contribution is 2.26. The van der Waals surface area contributed by atoms with Crippen molar-refractivity contribution in [3.8, 4) is 5.75 Å². The quantitative estimate of drug-likeness (QED) is 0.858. The summed E-state index contributed by atoms with van der Waals surface area (Å²) in [6.07, 6.45) is 3.30. The van der Waals surface area contributed by atoms with Gasteiger partial charge in [-0.2, -0.15) is 0 Å².